The van der Waals surface area contributed by atoms with Crippen LogP contribution in [0.4, 0.5) is 5.95 Å². The number of benzene rings is 2. The summed E-state index contributed by atoms with van der Waals surface area (Å²) in [5.41, 5.74) is 5.70. The summed E-state index contributed by atoms with van der Waals surface area (Å²) in [5, 5.41) is 4.65. The highest BCUT2D eigenvalue weighted by molar-refractivity contribution is 6.00. The van der Waals surface area contributed by atoms with Crippen LogP contribution in [0.25, 0.3) is 33.0 Å². The molecule has 0 aliphatic heterocycles. The van der Waals surface area contributed by atoms with Crippen molar-refractivity contribution in [2.24, 2.45) is 0 Å². The lowest BCUT2D eigenvalue weighted by Crippen LogP contribution is -2.17. The van der Waals surface area contributed by atoms with Gasteiger partial charge in [0.05, 0.1) is 11.0 Å². The van der Waals surface area contributed by atoms with Crippen LogP contribution in [0.2, 0.25) is 0 Å². The summed E-state index contributed by atoms with van der Waals surface area (Å²) in [6.07, 6.45) is 0.413. The first-order valence-electron chi connectivity index (χ1n) is 10.5. The molecule has 0 unspecified atom stereocenters. The van der Waals surface area contributed by atoms with Crippen molar-refractivity contribution >= 4 is 44.8 Å². The van der Waals surface area contributed by atoms with Gasteiger partial charge in [-0.1, -0.05) is 12.1 Å². The first-order valence-corrected chi connectivity index (χ1v) is 10.5. The third-order valence-electron chi connectivity index (χ3n) is 6.19. The minimum Gasteiger partial charge on any atom is -0.461 e. The number of aryl methyl sites for hydroxylation is 4. The van der Waals surface area contributed by atoms with Crippen molar-refractivity contribution in [2.75, 3.05) is 5.32 Å². The molecule has 0 saturated heterocycles. The number of aromatic nitrogens is 2. The number of imidazole rings is 1. The molecule has 0 saturated carbocycles. The Morgan fingerprint density at radius 3 is 2.50 bits per heavy atom. The largest absolute Gasteiger partial charge is 0.461 e. The molecule has 7 heteroatoms. The molecule has 0 fully saturated rings. The first-order chi connectivity index (χ1) is 15.3. The molecule has 0 atom stereocenters. The monoisotopic (exact) mass is 429 g/mol. The maximum Gasteiger partial charge on any atom is 0.339 e. The summed E-state index contributed by atoms with van der Waals surface area (Å²) in [7, 11) is 0. The molecule has 2 aromatic carbocycles. The van der Waals surface area contributed by atoms with Crippen LogP contribution in [0.1, 0.15) is 34.4 Å². The van der Waals surface area contributed by atoms with Crippen LogP contribution in [-0.2, 0) is 11.2 Å². The van der Waals surface area contributed by atoms with Gasteiger partial charge in [0.2, 0.25) is 11.9 Å². The van der Waals surface area contributed by atoms with Crippen molar-refractivity contribution in [1.29, 1.82) is 0 Å². The molecule has 0 spiro atoms. The molecule has 0 aliphatic rings. The van der Waals surface area contributed by atoms with Gasteiger partial charge in [-0.05, 0) is 63.4 Å². The van der Waals surface area contributed by atoms with Gasteiger partial charge < -0.3 is 13.8 Å². The summed E-state index contributed by atoms with van der Waals surface area (Å²) < 4.78 is 11.6. The first kappa shape index (κ1) is 20.1. The lowest BCUT2D eigenvalue weighted by molar-refractivity contribution is -0.116. The standard InChI is InChI=1S/C25H23N3O4/c1-12-15(4)31-22-14(3)23-18(11-17(12)22)13(2)16(24(30)32-23)9-10-21(29)28-25-26-19-7-5-6-8-20(19)27-25/h5-8,11H,9-10H2,1-4H3,(H2,26,27,28,29). The Hall–Kier alpha value is -3.87. The van der Waals surface area contributed by atoms with Crippen molar-refractivity contribution in [3.05, 3.63) is 68.8 Å². The molecule has 0 aliphatic carbocycles. The van der Waals surface area contributed by atoms with E-state index in [4.69, 9.17) is 8.83 Å². The maximum absolute atomic E-state index is 12.8. The number of H-pyrrole nitrogens is 1. The lowest BCUT2D eigenvalue weighted by Gasteiger charge is -2.10. The fourth-order valence-electron chi connectivity index (χ4n) is 4.23. The maximum atomic E-state index is 12.8. The Morgan fingerprint density at radius 2 is 1.72 bits per heavy atom. The molecular weight excluding hydrogens is 406 g/mol. The number of amides is 1. The molecule has 5 rings (SSSR count). The lowest BCUT2D eigenvalue weighted by atomic mass is 9.98. The quantitative estimate of drug-likeness (QED) is 0.381. The molecule has 32 heavy (non-hydrogen) atoms. The molecule has 0 radical (unpaired) electrons. The zero-order chi connectivity index (χ0) is 22.6. The second kappa shape index (κ2) is 7.37. The number of fused-ring (bicyclic) bond motifs is 3. The van der Waals surface area contributed by atoms with Crippen LogP contribution in [0.3, 0.4) is 0 Å². The number of nitrogens with zero attached hydrogens (tertiary/aromatic N) is 1. The average molecular weight is 429 g/mol. The molecule has 5 aromatic rings. The number of anilines is 1. The highest BCUT2D eigenvalue weighted by Crippen LogP contribution is 2.34. The van der Waals surface area contributed by atoms with Gasteiger partial charge in [-0.25, -0.2) is 9.78 Å². The fraction of sp³-hybridized carbons (Fsp3) is 0.240. The SMILES string of the molecule is Cc1oc2c(C)c3oc(=O)c(CCC(=O)Nc4nc5ccccc5[nH]4)c(C)c3cc2c1C. The molecule has 7 nitrogen and oxygen atoms in total. The number of rotatable bonds is 4. The predicted molar refractivity (Wildman–Crippen MR) is 124 cm³/mol. The summed E-state index contributed by atoms with van der Waals surface area (Å²) in [6, 6.07) is 9.56. The Morgan fingerprint density at radius 1 is 1.00 bits per heavy atom. The summed E-state index contributed by atoms with van der Waals surface area (Å²) >= 11 is 0. The third-order valence-corrected chi connectivity index (χ3v) is 6.19. The number of carbonyl (C=O) groups excluding carboxylic acids is 1. The second-order valence-corrected chi connectivity index (χ2v) is 8.18. The van der Waals surface area contributed by atoms with Crippen molar-refractivity contribution in [3.8, 4) is 0 Å². The Bertz CT molecular complexity index is 1550. The van der Waals surface area contributed by atoms with Crippen molar-refractivity contribution in [2.45, 2.75) is 40.5 Å². The second-order valence-electron chi connectivity index (χ2n) is 8.18. The van der Waals surface area contributed by atoms with E-state index < -0.39 is 5.63 Å². The van der Waals surface area contributed by atoms with Gasteiger partial charge in [0.25, 0.3) is 0 Å². The summed E-state index contributed by atoms with van der Waals surface area (Å²) in [6.45, 7) is 7.74. The summed E-state index contributed by atoms with van der Waals surface area (Å²) in [5.74, 6) is 1.01. The van der Waals surface area contributed by atoms with E-state index in [1.54, 1.807) is 0 Å². The molecule has 1 amide bonds. The Balaban J connectivity index is 1.44. The highest BCUT2D eigenvalue weighted by atomic mass is 16.4. The average Bonchev–Trinajstić information content (AvgIpc) is 3.29. The topological polar surface area (TPSA) is 101 Å². The summed E-state index contributed by atoms with van der Waals surface area (Å²) in [4.78, 5) is 32.7. The normalized spacial score (nSPS) is 11.6. The van der Waals surface area contributed by atoms with E-state index in [0.29, 0.717) is 17.1 Å². The van der Waals surface area contributed by atoms with E-state index in [-0.39, 0.29) is 18.7 Å². The van der Waals surface area contributed by atoms with Gasteiger partial charge in [-0.2, -0.15) is 0 Å². The Labute approximate surface area is 183 Å². The van der Waals surface area contributed by atoms with Gasteiger partial charge in [0.1, 0.15) is 16.9 Å². The zero-order valence-electron chi connectivity index (χ0n) is 18.4. The van der Waals surface area contributed by atoms with Crippen LogP contribution in [0, 0.1) is 27.7 Å². The van der Waals surface area contributed by atoms with E-state index in [2.05, 4.69) is 15.3 Å². The van der Waals surface area contributed by atoms with E-state index in [1.165, 1.54) is 0 Å². The number of furan rings is 1. The number of hydrogen-bond acceptors (Lipinski definition) is 5. The van der Waals surface area contributed by atoms with Gasteiger partial charge in [0.15, 0.2) is 0 Å². The van der Waals surface area contributed by atoms with Gasteiger partial charge in [-0.3, -0.25) is 10.1 Å². The number of para-hydroxylation sites is 2. The molecular formula is C25H23N3O4. The van der Waals surface area contributed by atoms with Gasteiger partial charge in [-0.15, -0.1) is 0 Å². The smallest absolute Gasteiger partial charge is 0.339 e. The Kier molecular flexibility index (Phi) is 4.62. The highest BCUT2D eigenvalue weighted by Gasteiger charge is 2.19. The van der Waals surface area contributed by atoms with Crippen molar-refractivity contribution in [1.82, 2.24) is 9.97 Å². The van der Waals surface area contributed by atoms with E-state index in [9.17, 15) is 9.59 Å². The number of hydrogen-bond donors (Lipinski definition) is 2. The van der Waals surface area contributed by atoms with E-state index in [1.807, 2.05) is 58.0 Å². The van der Waals surface area contributed by atoms with Crippen molar-refractivity contribution < 1.29 is 13.6 Å². The number of carbonyl (C=O) groups is 1. The number of nitrogens with one attached hydrogen (secondary N) is 2. The van der Waals surface area contributed by atoms with Crippen LogP contribution in [0.5, 0.6) is 0 Å². The van der Waals surface area contributed by atoms with E-state index in [0.717, 1.165) is 49.8 Å². The molecule has 0 bridgehead atoms. The van der Waals surface area contributed by atoms with Crippen LogP contribution in [0.15, 0.2) is 44.0 Å². The minimum atomic E-state index is -0.422. The fourth-order valence-corrected chi connectivity index (χ4v) is 4.23. The zero-order valence-corrected chi connectivity index (χ0v) is 18.4. The third kappa shape index (κ3) is 3.17. The molecule has 2 N–H and O–H groups in total. The van der Waals surface area contributed by atoms with Gasteiger partial charge >= 0.3 is 5.63 Å². The van der Waals surface area contributed by atoms with Gasteiger partial charge in [0, 0.05) is 28.3 Å². The van der Waals surface area contributed by atoms with Crippen LogP contribution in [-0.4, -0.2) is 15.9 Å². The van der Waals surface area contributed by atoms with Crippen LogP contribution >= 0.6 is 0 Å². The molecule has 162 valence electrons. The van der Waals surface area contributed by atoms with Crippen molar-refractivity contribution in [3.63, 3.8) is 0 Å². The molecule has 3 aromatic heterocycles. The molecule has 3 heterocycles. The predicted octanol–water partition coefficient (Wildman–Crippen LogP) is 5.22. The number of aromatic amines is 1. The minimum absolute atomic E-state index is 0.138. The van der Waals surface area contributed by atoms with Crippen LogP contribution < -0.4 is 10.9 Å². The van der Waals surface area contributed by atoms with E-state index >= 15 is 0 Å².